The molecular weight excluding hydrogens is 288 g/mol. The maximum absolute atomic E-state index is 10.7. The largest absolute Gasteiger partial charge is 0.479 e. The summed E-state index contributed by atoms with van der Waals surface area (Å²) in [5.74, 6) is -0.851. The number of furan rings is 1. The molecule has 0 radical (unpaired) electrons. The van der Waals surface area contributed by atoms with E-state index in [2.05, 4.69) is 9.98 Å². The Morgan fingerprint density at radius 1 is 1.23 bits per heavy atom. The lowest BCUT2D eigenvalue weighted by molar-refractivity contribution is 0.0697. The standard InChI is InChI=1S/C15H10N2O5/c18-14(19)9-3-5-10(6-4-9)16-8-11-15(20)22-13(17-11)12-2-1-7-21-12/h1-8,20H,(H,18,19). The Kier molecular flexibility index (Phi) is 3.45. The third-order valence-electron chi connectivity index (χ3n) is 2.82. The minimum atomic E-state index is -1.01. The molecule has 0 unspecified atom stereocenters. The molecule has 0 aliphatic carbocycles. The Bertz CT molecular complexity index is 816. The molecule has 3 rings (SSSR count). The van der Waals surface area contributed by atoms with Crippen LogP contribution in [0.2, 0.25) is 0 Å². The summed E-state index contributed by atoms with van der Waals surface area (Å²) in [5, 5.41) is 18.5. The maximum atomic E-state index is 10.7. The Morgan fingerprint density at radius 2 is 2.00 bits per heavy atom. The van der Waals surface area contributed by atoms with Crippen molar-refractivity contribution in [3.63, 3.8) is 0 Å². The van der Waals surface area contributed by atoms with Crippen LogP contribution >= 0.6 is 0 Å². The van der Waals surface area contributed by atoms with Crippen molar-refractivity contribution in [3.05, 3.63) is 53.9 Å². The van der Waals surface area contributed by atoms with Crippen LogP contribution < -0.4 is 0 Å². The van der Waals surface area contributed by atoms with Gasteiger partial charge in [0.15, 0.2) is 11.5 Å². The van der Waals surface area contributed by atoms with Crippen molar-refractivity contribution in [1.29, 1.82) is 0 Å². The number of hydrogen-bond acceptors (Lipinski definition) is 6. The second kappa shape index (κ2) is 5.57. The third-order valence-corrected chi connectivity index (χ3v) is 2.82. The number of nitrogens with zero attached hydrogens (tertiary/aromatic N) is 2. The van der Waals surface area contributed by atoms with Crippen LogP contribution in [0.5, 0.6) is 5.95 Å². The first-order valence-corrected chi connectivity index (χ1v) is 6.24. The predicted octanol–water partition coefficient (Wildman–Crippen LogP) is 3.09. The van der Waals surface area contributed by atoms with Gasteiger partial charge in [-0.05, 0) is 36.4 Å². The summed E-state index contributed by atoms with van der Waals surface area (Å²) in [5.41, 5.74) is 0.837. The zero-order chi connectivity index (χ0) is 15.5. The summed E-state index contributed by atoms with van der Waals surface area (Å²) in [4.78, 5) is 18.9. The zero-order valence-corrected chi connectivity index (χ0v) is 11.1. The first-order valence-electron chi connectivity index (χ1n) is 6.24. The van der Waals surface area contributed by atoms with E-state index in [9.17, 15) is 9.90 Å². The number of aliphatic imine (C=N–C) groups is 1. The molecule has 7 heteroatoms. The topological polar surface area (TPSA) is 109 Å². The van der Waals surface area contributed by atoms with Crippen LogP contribution in [-0.4, -0.2) is 27.4 Å². The molecule has 0 aliphatic heterocycles. The van der Waals surface area contributed by atoms with Crippen molar-refractivity contribution < 1.29 is 23.8 Å². The van der Waals surface area contributed by atoms with E-state index < -0.39 is 5.97 Å². The van der Waals surface area contributed by atoms with Gasteiger partial charge in [0, 0.05) is 0 Å². The van der Waals surface area contributed by atoms with Crippen LogP contribution in [0.4, 0.5) is 5.69 Å². The quantitative estimate of drug-likeness (QED) is 0.716. The normalized spacial score (nSPS) is 11.1. The smallest absolute Gasteiger partial charge is 0.335 e. The molecule has 2 N–H and O–H groups in total. The first kappa shape index (κ1) is 13.6. The molecule has 0 saturated heterocycles. The van der Waals surface area contributed by atoms with E-state index in [1.807, 2.05) is 0 Å². The van der Waals surface area contributed by atoms with E-state index in [1.165, 1.54) is 24.6 Å². The Balaban J connectivity index is 1.82. The fourth-order valence-corrected chi connectivity index (χ4v) is 1.74. The highest BCUT2D eigenvalue weighted by molar-refractivity contribution is 5.88. The molecule has 0 spiro atoms. The van der Waals surface area contributed by atoms with Crippen molar-refractivity contribution in [2.75, 3.05) is 0 Å². The van der Waals surface area contributed by atoms with Gasteiger partial charge < -0.3 is 19.0 Å². The maximum Gasteiger partial charge on any atom is 0.335 e. The summed E-state index contributed by atoms with van der Waals surface area (Å²) in [6.07, 6.45) is 2.79. The number of carboxylic acid groups (broad SMARTS) is 1. The van der Waals surface area contributed by atoms with Crippen LogP contribution in [0.1, 0.15) is 16.1 Å². The molecule has 0 bridgehead atoms. The molecule has 0 atom stereocenters. The first-order chi connectivity index (χ1) is 10.6. The van der Waals surface area contributed by atoms with Crippen molar-refractivity contribution in [1.82, 2.24) is 4.98 Å². The van der Waals surface area contributed by atoms with Gasteiger partial charge in [0.25, 0.3) is 5.89 Å². The molecule has 22 heavy (non-hydrogen) atoms. The lowest BCUT2D eigenvalue weighted by atomic mass is 10.2. The molecule has 0 amide bonds. The molecule has 0 aliphatic rings. The van der Waals surface area contributed by atoms with E-state index in [0.29, 0.717) is 11.4 Å². The summed E-state index contributed by atoms with van der Waals surface area (Å²) >= 11 is 0. The van der Waals surface area contributed by atoms with Gasteiger partial charge in [-0.3, -0.25) is 4.99 Å². The van der Waals surface area contributed by atoms with Crippen LogP contribution in [0, 0.1) is 0 Å². The van der Waals surface area contributed by atoms with Crippen LogP contribution in [0.25, 0.3) is 11.7 Å². The van der Waals surface area contributed by atoms with Crippen LogP contribution in [-0.2, 0) is 0 Å². The van der Waals surface area contributed by atoms with Crippen molar-refractivity contribution in [3.8, 4) is 17.6 Å². The molecule has 110 valence electrons. The fraction of sp³-hybridized carbons (Fsp3) is 0. The van der Waals surface area contributed by atoms with Gasteiger partial charge in [0.1, 0.15) is 0 Å². The summed E-state index contributed by atoms with van der Waals surface area (Å²) in [6, 6.07) is 9.29. The minimum absolute atomic E-state index is 0.144. The molecule has 7 nitrogen and oxygen atoms in total. The molecule has 3 aromatic rings. The van der Waals surface area contributed by atoms with Gasteiger partial charge >= 0.3 is 11.9 Å². The van der Waals surface area contributed by atoms with Gasteiger partial charge in [-0.15, -0.1) is 0 Å². The molecular formula is C15H10N2O5. The predicted molar refractivity (Wildman–Crippen MR) is 76.5 cm³/mol. The number of aromatic nitrogens is 1. The van der Waals surface area contributed by atoms with E-state index in [-0.39, 0.29) is 23.1 Å². The monoisotopic (exact) mass is 298 g/mol. The molecule has 0 fully saturated rings. The Hall–Kier alpha value is -3.35. The molecule has 0 saturated carbocycles. The van der Waals surface area contributed by atoms with Crippen molar-refractivity contribution in [2.45, 2.75) is 0 Å². The van der Waals surface area contributed by atoms with Gasteiger partial charge in [-0.25, -0.2) is 9.78 Å². The highest BCUT2D eigenvalue weighted by atomic mass is 16.5. The lowest BCUT2D eigenvalue weighted by Crippen LogP contribution is -1.94. The van der Waals surface area contributed by atoms with Crippen molar-refractivity contribution >= 4 is 17.9 Å². The van der Waals surface area contributed by atoms with E-state index in [0.717, 1.165) is 0 Å². The number of oxazole rings is 1. The highest BCUT2D eigenvalue weighted by Crippen LogP contribution is 2.26. The van der Waals surface area contributed by atoms with E-state index in [4.69, 9.17) is 13.9 Å². The highest BCUT2D eigenvalue weighted by Gasteiger charge is 2.14. The molecule has 2 heterocycles. The number of benzene rings is 1. The number of carboxylic acids is 1. The molecule has 2 aromatic heterocycles. The van der Waals surface area contributed by atoms with Crippen molar-refractivity contribution in [2.24, 2.45) is 4.99 Å². The number of aromatic carboxylic acids is 1. The second-order valence-electron chi connectivity index (χ2n) is 4.30. The summed E-state index contributed by atoms with van der Waals surface area (Å²) < 4.78 is 10.2. The third kappa shape index (κ3) is 2.73. The Labute approximate surface area is 124 Å². The second-order valence-corrected chi connectivity index (χ2v) is 4.30. The molecule has 1 aromatic carbocycles. The SMILES string of the molecule is O=C(O)c1ccc(N=Cc2nc(-c3ccco3)oc2O)cc1. The zero-order valence-electron chi connectivity index (χ0n) is 11.1. The van der Waals surface area contributed by atoms with Gasteiger partial charge in [0.05, 0.1) is 23.7 Å². The fourth-order valence-electron chi connectivity index (χ4n) is 1.74. The number of rotatable bonds is 4. The van der Waals surface area contributed by atoms with Crippen LogP contribution in [0.15, 0.2) is 56.5 Å². The van der Waals surface area contributed by atoms with Gasteiger partial charge in [0.2, 0.25) is 0 Å². The van der Waals surface area contributed by atoms with E-state index in [1.54, 1.807) is 24.3 Å². The minimum Gasteiger partial charge on any atom is -0.479 e. The number of carbonyl (C=O) groups is 1. The Morgan fingerprint density at radius 3 is 2.64 bits per heavy atom. The summed E-state index contributed by atoms with van der Waals surface area (Å²) in [6.45, 7) is 0. The average molecular weight is 298 g/mol. The van der Waals surface area contributed by atoms with E-state index >= 15 is 0 Å². The summed E-state index contributed by atoms with van der Waals surface area (Å²) in [7, 11) is 0. The van der Waals surface area contributed by atoms with Crippen LogP contribution in [0.3, 0.4) is 0 Å². The van der Waals surface area contributed by atoms with Gasteiger partial charge in [-0.1, -0.05) is 0 Å². The average Bonchev–Trinajstić information content (AvgIpc) is 3.15. The number of hydrogen-bond donors (Lipinski definition) is 2. The van der Waals surface area contributed by atoms with Gasteiger partial charge in [-0.2, -0.15) is 0 Å². The lowest BCUT2D eigenvalue weighted by Gasteiger charge is -1.95. The number of aromatic hydroxyl groups is 1.